The molecule has 2 fully saturated rings. The fourth-order valence-electron chi connectivity index (χ4n) is 6.23. The third kappa shape index (κ3) is 2.65. The first-order chi connectivity index (χ1) is 12.2. The zero-order chi connectivity index (χ0) is 18.7. The number of hydrogen-bond acceptors (Lipinski definition) is 2. The lowest BCUT2D eigenvalue weighted by molar-refractivity contribution is -0.0646. The van der Waals surface area contributed by atoms with Crippen molar-refractivity contribution >= 4 is 8.32 Å². The first-order valence-electron chi connectivity index (χ1n) is 10.2. The molecule has 0 amide bonds. The van der Waals surface area contributed by atoms with E-state index in [2.05, 4.69) is 50.7 Å². The van der Waals surface area contributed by atoms with E-state index in [0.717, 1.165) is 37.9 Å². The topological polar surface area (TPSA) is 29.5 Å². The van der Waals surface area contributed by atoms with Gasteiger partial charge in [0.1, 0.15) is 11.4 Å². The van der Waals surface area contributed by atoms with Gasteiger partial charge in [-0.1, -0.05) is 18.9 Å². The van der Waals surface area contributed by atoms with E-state index < -0.39 is 13.9 Å². The van der Waals surface area contributed by atoms with Gasteiger partial charge >= 0.3 is 0 Å². The quantitative estimate of drug-likeness (QED) is 0.580. The standard InChI is InChI=1S/C23H32O2Si/c1-6-23(24)14-12-21-20-9-7-16-15-17(25-26(3,4)5)8-10-18(16)19(20)11-13-22(21,23)2/h1,8,10,15,19-21,24H,7,9,11-14H2,2-5H3/t19-,20-,21+,22+,23+/m1/s1. The first-order valence-corrected chi connectivity index (χ1v) is 13.6. The maximum Gasteiger partial charge on any atom is 0.242 e. The maximum atomic E-state index is 11.0. The average molecular weight is 369 g/mol. The second-order valence-corrected chi connectivity index (χ2v) is 14.4. The fourth-order valence-corrected chi connectivity index (χ4v) is 7.06. The van der Waals surface area contributed by atoms with Crippen molar-refractivity contribution in [2.24, 2.45) is 17.3 Å². The Labute approximate surface area is 159 Å². The highest BCUT2D eigenvalue weighted by Crippen LogP contribution is 2.64. The van der Waals surface area contributed by atoms with Crippen LogP contribution < -0.4 is 4.43 Å². The number of hydrogen-bond donors (Lipinski definition) is 1. The molecule has 140 valence electrons. The normalized spacial score (nSPS) is 38.7. The van der Waals surface area contributed by atoms with E-state index in [1.807, 2.05) is 0 Å². The molecule has 0 heterocycles. The Hall–Kier alpha value is -1.24. The Morgan fingerprint density at radius 1 is 1.19 bits per heavy atom. The number of rotatable bonds is 2. The van der Waals surface area contributed by atoms with Crippen LogP contribution >= 0.6 is 0 Å². The third-order valence-electron chi connectivity index (χ3n) is 7.51. The van der Waals surface area contributed by atoms with Crippen LogP contribution in [0.3, 0.4) is 0 Å². The number of terminal acetylenes is 1. The lowest BCUT2D eigenvalue weighted by atomic mass is 9.53. The highest BCUT2D eigenvalue weighted by atomic mass is 28.4. The van der Waals surface area contributed by atoms with Gasteiger partial charge in [-0.2, -0.15) is 0 Å². The van der Waals surface area contributed by atoms with Gasteiger partial charge in [-0.05, 0) is 99.2 Å². The number of benzene rings is 1. The maximum absolute atomic E-state index is 11.0. The largest absolute Gasteiger partial charge is 0.544 e. The molecule has 0 spiro atoms. The highest BCUT2D eigenvalue weighted by molar-refractivity contribution is 6.70. The summed E-state index contributed by atoms with van der Waals surface area (Å²) >= 11 is 0. The van der Waals surface area contributed by atoms with Gasteiger partial charge in [0.2, 0.25) is 8.32 Å². The minimum atomic E-state index is -1.57. The summed E-state index contributed by atoms with van der Waals surface area (Å²) in [5.74, 6) is 5.64. The van der Waals surface area contributed by atoms with Gasteiger partial charge in [-0.3, -0.25) is 0 Å². The molecule has 1 aromatic rings. The number of fused-ring (bicyclic) bond motifs is 5. The molecular weight excluding hydrogens is 336 g/mol. The van der Waals surface area contributed by atoms with Crippen molar-refractivity contribution in [1.82, 2.24) is 0 Å². The van der Waals surface area contributed by atoms with Crippen LogP contribution in [-0.4, -0.2) is 19.0 Å². The summed E-state index contributed by atoms with van der Waals surface area (Å²) in [6.07, 6.45) is 12.1. The smallest absolute Gasteiger partial charge is 0.242 e. The first kappa shape index (κ1) is 18.1. The summed E-state index contributed by atoms with van der Waals surface area (Å²) in [6.45, 7) is 8.95. The Morgan fingerprint density at radius 3 is 2.65 bits per heavy atom. The molecule has 2 saturated carbocycles. The Balaban J connectivity index is 1.63. The molecule has 0 aromatic heterocycles. The van der Waals surface area contributed by atoms with E-state index in [9.17, 15) is 5.11 Å². The van der Waals surface area contributed by atoms with Gasteiger partial charge < -0.3 is 9.53 Å². The van der Waals surface area contributed by atoms with E-state index in [1.54, 1.807) is 0 Å². The second kappa shape index (κ2) is 5.88. The lowest BCUT2D eigenvalue weighted by Crippen LogP contribution is -2.50. The molecule has 0 unspecified atom stereocenters. The number of aryl methyl sites for hydroxylation is 1. The third-order valence-corrected chi connectivity index (χ3v) is 8.36. The molecule has 3 aliphatic rings. The van der Waals surface area contributed by atoms with Crippen LogP contribution in [-0.2, 0) is 6.42 Å². The molecule has 3 aliphatic carbocycles. The van der Waals surface area contributed by atoms with Crippen LogP contribution in [0.5, 0.6) is 5.75 Å². The van der Waals surface area contributed by atoms with Crippen molar-refractivity contribution in [3.05, 3.63) is 29.3 Å². The zero-order valence-electron chi connectivity index (χ0n) is 16.6. The van der Waals surface area contributed by atoms with Crippen molar-refractivity contribution in [3.8, 4) is 18.1 Å². The molecular formula is C23H32O2Si. The molecule has 1 aromatic carbocycles. The summed E-state index contributed by atoms with van der Waals surface area (Å²) < 4.78 is 6.21. The monoisotopic (exact) mass is 368 g/mol. The van der Waals surface area contributed by atoms with Gasteiger partial charge in [0.05, 0.1) is 0 Å². The Bertz CT molecular complexity index is 758. The van der Waals surface area contributed by atoms with Crippen molar-refractivity contribution in [2.45, 2.75) is 76.6 Å². The molecule has 26 heavy (non-hydrogen) atoms. The van der Waals surface area contributed by atoms with E-state index in [4.69, 9.17) is 10.8 Å². The minimum Gasteiger partial charge on any atom is -0.544 e. The van der Waals surface area contributed by atoms with Crippen molar-refractivity contribution in [2.75, 3.05) is 0 Å². The highest BCUT2D eigenvalue weighted by Gasteiger charge is 2.61. The van der Waals surface area contributed by atoms with Crippen LogP contribution in [0.25, 0.3) is 0 Å². The summed E-state index contributed by atoms with van der Waals surface area (Å²) in [4.78, 5) is 0. The number of aliphatic hydroxyl groups is 1. The van der Waals surface area contributed by atoms with E-state index >= 15 is 0 Å². The molecule has 2 nitrogen and oxygen atoms in total. The second-order valence-electron chi connectivity index (χ2n) is 9.99. The molecule has 0 radical (unpaired) electrons. The van der Waals surface area contributed by atoms with Crippen molar-refractivity contribution < 1.29 is 9.53 Å². The summed E-state index contributed by atoms with van der Waals surface area (Å²) in [5.41, 5.74) is 2.00. The van der Waals surface area contributed by atoms with Crippen LogP contribution in [0.1, 0.15) is 56.1 Å². The van der Waals surface area contributed by atoms with Crippen LogP contribution in [0, 0.1) is 29.6 Å². The zero-order valence-corrected chi connectivity index (χ0v) is 17.6. The van der Waals surface area contributed by atoms with Gasteiger partial charge in [0.15, 0.2) is 0 Å². The van der Waals surface area contributed by atoms with E-state index in [0.29, 0.717) is 17.8 Å². The summed E-state index contributed by atoms with van der Waals surface area (Å²) in [5, 5.41) is 11.0. The molecule has 1 N–H and O–H groups in total. The van der Waals surface area contributed by atoms with E-state index in [-0.39, 0.29) is 5.41 Å². The van der Waals surface area contributed by atoms with E-state index in [1.165, 1.54) is 17.5 Å². The van der Waals surface area contributed by atoms with Crippen LogP contribution in [0.4, 0.5) is 0 Å². The fraction of sp³-hybridized carbons (Fsp3) is 0.652. The minimum absolute atomic E-state index is 0.110. The van der Waals surface area contributed by atoms with Gasteiger partial charge in [-0.15, -0.1) is 6.42 Å². The van der Waals surface area contributed by atoms with Crippen molar-refractivity contribution in [3.63, 3.8) is 0 Å². The van der Waals surface area contributed by atoms with Crippen LogP contribution in [0.2, 0.25) is 19.6 Å². The Kier molecular flexibility index (Phi) is 4.10. The van der Waals surface area contributed by atoms with Crippen LogP contribution in [0.15, 0.2) is 18.2 Å². The van der Waals surface area contributed by atoms with Crippen molar-refractivity contribution in [1.29, 1.82) is 0 Å². The molecule has 0 aliphatic heterocycles. The summed E-state index contributed by atoms with van der Waals surface area (Å²) in [7, 11) is -1.57. The summed E-state index contributed by atoms with van der Waals surface area (Å²) in [6, 6.07) is 6.80. The SMILES string of the molecule is C#C[C@]1(O)CC[C@H]2[C@@H]3CCc4cc(O[Si](C)(C)C)ccc4[C@H]3CC[C@@]21C. The predicted molar refractivity (Wildman–Crippen MR) is 109 cm³/mol. The van der Waals surface area contributed by atoms with Gasteiger partial charge in [-0.25, -0.2) is 0 Å². The van der Waals surface area contributed by atoms with Gasteiger partial charge in [0, 0.05) is 5.41 Å². The molecule has 0 saturated heterocycles. The average Bonchev–Trinajstić information content (AvgIpc) is 2.85. The lowest BCUT2D eigenvalue weighted by Gasteiger charge is -2.52. The predicted octanol–water partition coefficient (Wildman–Crippen LogP) is 5.12. The molecule has 5 atom stereocenters. The molecule has 3 heteroatoms. The molecule has 0 bridgehead atoms. The molecule has 4 rings (SSSR count). The Morgan fingerprint density at radius 2 is 1.96 bits per heavy atom. The van der Waals surface area contributed by atoms with Gasteiger partial charge in [0.25, 0.3) is 0 Å².